The van der Waals surface area contributed by atoms with Gasteiger partial charge in [-0.1, -0.05) is 6.08 Å². The number of anilines is 1. The highest BCUT2D eigenvalue weighted by atomic mass is 16.4. The van der Waals surface area contributed by atoms with Crippen molar-refractivity contribution in [2.24, 2.45) is 0 Å². The average Bonchev–Trinajstić information content (AvgIpc) is 2.12. The molecule has 0 fully saturated rings. The van der Waals surface area contributed by atoms with Crippen LogP contribution in [-0.2, 0) is 0 Å². The molecule has 0 bridgehead atoms. The minimum Gasteiger partial charge on any atom is -0.478 e. The number of aryl methyl sites for hydroxylation is 2. The largest absolute Gasteiger partial charge is 0.478 e. The van der Waals surface area contributed by atoms with Gasteiger partial charge < -0.3 is 10.4 Å². The van der Waals surface area contributed by atoms with Crippen LogP contribution in [0.4, 0.5) is 5.82 Å². The summed E-state index contributed by atoms with van der Waals surface area (Å²) in [6, 6.07) is 1.75. The van der Waals surface area contributed by atoms with Gasteiger partial charge in [0.05, 0.1) is 0 Å². The van der Waals surface area contributed by atoms with E-state index in [2.05, 4.69) is 16.9 Å². The SMILES string of the molecule is C=CCNc1nc(C)cc(C)c1C(=O)O. The summed E-state index contributed by atoms with van der Waals surface area (Å²) >= 11 is 0. The highest BCUT2D eigenvalue weighted by Crippen LogP contribution is 2.18. The molecule has 0 aliphatic carbocycles. The predicted octanol–water partition coefficient (Wildman–Crippen LogP) is 1.99. The van der Waals surface area contributed by atoms with E-state index in [0.29, 0.717) is 17.9 Å². The Kier molecular flexibility index (Phi) is 3.44. The molecule has 0 saturated carbocycles. The van der Waals surface area contributed by atoms with Crippen LogP contribution < -0.4 is 5.32 Å². The second-order valence-corrected chi connectivity index (χ2v) is 3.28. The fourth-order valence-corrected chi connectivity index (χ4v) is 1.40. The molecule has 15 heavy (non-hydrogen) atoms. The summed E-state index contributed by atoms with van der Waals surface area (Å²) in [6.07, 6.45) is 1.66. The van der Waals surface area contributed by atoms with E-state index in [-0.39, 0.29) is 5.56 Å². The maximum Gasteiger partial charge on any atom is 0.339 e. The molecule has 0 unspecified atom stereocenters. The van der Waals surface area contributed by atoms with E-state index in [9.17, 15) is 4.79 Å². The van der Waals surface area contributed by atoms with Crippen LogP contribution in [0.5, 0.6) is 0 Å². The van der Waals surface area contributed by atoms with Gasteiger partial charge in [-0.25, -0.2) is 9.78 Å². The van der Waals surface area contributed by atoms with Gasteiger partial charge in [-0.05, 0) is 25.5 Å². The number of hydrogen-bond donors (Lipinski definition) is 2. The van der Waals surface area contributed by atoms with Gasteiger partial charge in [0, 0.05) is 12.2 Å². The lowest BCUT2D eigenvalue weighted by atomic mass is 10.1. The molecule has 0 radical (unpaired) electrons. The van der Waals surface area contributed by atoms with Crippen molar-refractivity contribution in [3.8, 4) is 0 Å². The summed E-state index contributed by atoms with van der Waals surface area (Å²) in [5.41, 5.74) is 1.73. The number of aromatic carboxylic acids is 1. The minimum atomic E-state index is -0.966. The topological polar surface area (TPSA) is 62.2 Å². The molecule has 0 aliphatic rings. The number of nitrogens with one attached hydrogen (secondary N) is 1. The molecule has 0 aromatic carbocycles. The lowest BCUT2D eigenvalue weighted by Crippen LogP contribution is -2.11. The highest BCUT2D eigenvalue weighted by Gasteiger charge is 2.14. The van der Waals surface area contributed by atoms with Crippen LogP contribution in [0.25, 0.3) is 0 Å². The Morgan fingerprint density at radius 2 is 2.33 bits per heavy atom. The number of rotatable bonds is 4. The van der Waals surface area contributed by atoms with Gasteiger partial charge in [0.15, 0.2) is 0 Å². The number of nitrogens with zero attached hydrogens (tertiary/aromatic N) is 1. The Balaban J connectivity index is 3.20. The smallest absolute Gasteiger partial charge is 0.339 e. The van der Waals surface area contributed by atoms with Crippen molar-refractivity contribution >= 4 is 11.8 Å². The average molecular weight is 206 g/mol. The van der Waals surface area contributed by atoms with Crippen LogP contribution in [0.3, 0.4) is 0 Å². The second kappa shape index (κ2) is 4.59. The first-order valence-corrected chi connectivity index (χ1v) is 4.62. The van der Waals surface area contributed by atoms with Gasteiger partial charge in [0.2, 0.25) is 0 Å². The second-order valence-electron chi connectivity index (χ2n) is 3.28. The summed E-state index contributed by atoms with van der Waals surface area (Å²) in [5, 5.41) is 11.9. The molecule has 1 aromatic heterocycles. The molecular weight excluding hydrogens is 192 g/mol. The molecule has 0 aliphatic heterocycles. The lowest BCUT2D eigenvalue weighted by Gasteiger charge is -2.10. The molecule has 4 heteroatoms. The Morgan fingerprint density at radius 1 is 1.67 bits per heavy atom. The molecule has 1 heterocycles. The number of carbonyl (C=O) groups is 1. The van der Waals surface area contributed by atoms with Crippen molar-refractivity contribution in [3.05, 3.63) is 35.5 Å². The number of carboxylic acid groups (broad SMARTS) is 1. The van der Waals surface area contributed by atoms with Crippen molar-refractivity contribution in [3.63, 3.8) is 0 Å². The monoisotopic (exact) mass is 206 g/mol. The highest BCUT2D eigenvalue weighted by molar-refractivity contribution is 5.94. The van der Waals surface area contributed by atoms with Crippen LogP contribution in [0.15, 0.2) is 18.7 Å². The molecule has 1 rings (SSSR count). The Bertz CT molecular complexity index is 400. The molecule has 1 aromatic rings. The van der Waals surface area contributed by atoms with Crippen LogP contribution >= 0.6 is 0 Å². The zero-order valence-corrected chi connectivity index (χ0v) is 8.87. The van der Waals surface area contributed by atoms with E-state index in [1.165, 1.54) is 0 Å². The van der Waals surface area contributed by atoms with Gasteiger partial charge in [-0.15, -0.1) is 6.58 Å². The van der Waals surface area contributed by atoms with Crippen LogP contribution in [-0.4, -0.2) is 22.6 Å². The summed E-state index contributed by atoms with van der Waals surface area (Å²) in [6.45, 7) is 7.65. The number of carboxylic acids is 1. The number of hydrogen-bond acceptors (Lipinski definition) is 3. The first-order valence-electron chi connectivity index (χ1n) is 4.62. The lowest BCUT2D eigenvalue weighted by molar-refractivity contribution is 0.0697. The third kappa shape index (κ3) is 2.56. The van der Waals surface area contributed by atoms with E-state index in [1.54, 1.807) is 19.1 Å². The number of aromatic nitrogens is 1. The maximum absolute atomic E-state index is 11.0. The zero-order chi connectivity index (χ0) is 11.4. The predicted molar refractivity (Wildman–Crippen MR) is 59.4 cm³/mol. The normalized spacial score (nSPS) is 9.73. The zero-order valence-electron chi connectivity index (χ0n) is 8.87. The molecule has 4 nitrogen and oxygen atoms in total. The fourth-order valence-electron chi connectivity index (χ4n) is 1.40. The fraction of sp³-hybridized carbons (Fsp3) is 0.273. The quantitative estimate of drug-likeness (QED) is 0.739. The van der Waals surface area contributed by atoms with E-state index >= 15 is 0 Å². The van der Waals surface area contributed by atoms with Crippen molar-refractivity contribution in [2.75, 3.05) is 11.9 Å². The summed E-state index contributed by atoms with van der Waals surface area (Å²) in [7, 11) is 0. The maximum atomic E-state index is 11.0. The molecule has 0 amide bonds. The minimum absolute atomic E-state index is 0.224. The molecule has 0 saturated heterocycles. The Hall–Kier alpha value is -1.84. The first-order chi connectivity index (χ1) is 7.06. The summed E-state index contributed by atoms with van der Waals surface area (Å²) in [4.78, 5) is 15.2. The van der Waals surface area contributed by atoms with E-state index in [1.807, 2.05) is 6.92 Å². The van der Waals surface area contributed by atoms with E-state index < -0.39 is 5.97 Å². The van der Waals surface area contributed by atoms with Gasteiger partial charge in [0.1, 0.15) is 11.4 Å². The van der Waals surface area contributed by atoms with Crippen LogP contribution in [0, 0.1) is 13.8 Å². The van der Waals surface area contributed by atoms with Crippen molar-refractivity contribution in [2.45, 2.75) is 13.8 Å². The third-order valence-electron chi connectivity index (χ3n) is 1.97. The molecule has 80 valence electrons. The van der Waals surface area contributed by atoms with Gasteiger partial charge in [-0.3, -0.25) is 0 Å². The first kappa shape index (κ1) is 11.2. The van der Waals surface area contributed by atoms with Crippen LogP contribution in [0.2, 0.25) is 0 Å². The van der Waals surface area contributed by atoms with Gasteiger partial charge >= 0.3 is 5.97 Å². The molecule has 0 spiro atoms. The Morgan fingerprint density at radius 3 is 2.87 bits per heavy atom. The van der Waals surface area contributed by atoms with Crippen molar-refractivity contribution in [1.29, 1.82) is 0 Å². The van der Waals surface area contributed by atoms with E-state index in [4.69, 9.17) is 5.11 Å². The van der Waals surface area contributed by atoms with Gasteiger partial charge in [-0.2, -0.15) is 0 Å². The van der Waals surface area contributed by atoms with Crippen LogP contribution in [0.1, 0.15) is 21.6 Å². The molecular formula is C11H14N2O2. The summed E-state index contributed by atoms with van der Waals surface area (Å²) < 4.78 is 0. The molecule has 2 N–H and O–H groups in total. The van der Waals surface area contributed by atoms with E-state index in [0.717, 1.165) is 5.69 Å². The van der Waals surface area contributed by atoms with Gasteiger partial charge in [0.25, 0.3) is 0 Å². The van der Waals surface area contributed by atoms with Crippen molar-refractivity contribution in [1.82, 2.24) is 4.98 Å². The third-order valence-corrected chi connectivity index (χ3v) is 1.97. The number of pyridine rings is 1. The standard InChI is InChI=1S/C11H14N2O2/c1-4-5-12-10-9(11(14)15)7(2)6-8(3)13-10/h4,6H,1,5H2,2-3H3,(H,12,13)(H,14,15). The molecule has 0 atom stereocenters. The summed E-state index contributed by atoms with van der Waals surface area (Å²) in [5.74, 6) is -0.563. The Labute approximate surface area is 88.7 Å². The van der Waals surface area contributed by atoms with Crippen molar-refractivity contribution < 1.29 is 9.90 Å².